The fourth-order valence-corrected chi connectivity index (χ4v) is 9.98. The molecule has 0 spiro atoms. The van der Waals surface area contributed by atoms with E-state index in [0.717, 1.165) is 55.6 Å². The number of aliphatic carboxylic acids is 1. The molecule has 0 radical (unpaired) electrons. The number of carboxylic acid groups (broad SMARTS) is 1. The second kappa shape index (κ2) is 25.0. The van der Waals surface area contributed by atoms with Gasteiger partial charge in [0.05, 0.1) is 64.0 Å². The summed E-state index contributed by atoms with van der Waals surface area (Å²) in [6, 6.07) is 15.3. The van der Waals surface area contributed by atoms with Gasteiger partial charge in [-0.05, 0) is 65.9 Å². The Kier molecular flexibility index (Phi) is 18.1. The molecule has 22 nitrogen and oxygen atoms in total. The van der Waals surface area contributed by atoms with Crippen LogP contribution in [0.25, 0.3) is 21.8 Å². The minimum absolute atomic E-state index is 0.0854. The number of nitrogens with zero attached hydrogens (tertiary/aromatic N) is 4. The standard InChI is InChI=1S/C26H28N6O5S2.C22H20N6O5S2/c1-14(2)13-37-25(36)19(12-27-23(34)20-8-5-9-38-20)30-24(35)22-15(3)29-26(39-22)31-21(33)10-16-6-4-7-18-17(16)11-28-32-18;1-11-18(20(31)26-15(21(32)33)10-23-19(30)16-6-3-7-34-16)35-22(25-11)27-17(29)8-12-4-2-5-14-13(12)9-24-28-14/h4-9,11,14,19H,10,12-13H2,1-3H3,(H,27,34)(H,28,32)(H,30,35)(H,29,31,33);2-7,9,15H,8,10H2,1H3,(H,23,30)(H,24,28)(H,26,31)(H,32,33)(H,25,27,29)/t19-;15-/m00/s1. The number of aromatic amines is 2. The number of thiazole rings is 2. The van der Waals surface area contributed by atoms with Gasteiger partial charge in [0.2, 0.25) is 11.8 Å². The van der Waals surface area contributed by atoms with E-state index in [9.17, 15) is 43.5 Å². The Labute approximate surface area is 437 Å². The molecule has 6 amide bonds. The molecule has 26 heteroatoms. The van der Waals surface area contributed by atoms with E-state index in [1.165, 1.54) is 22.7 Å². The summed E-state index contributed by atoms with van der Waals surface area (Å²) >= 11 is 4.42. The molecule has 2 aromatic carbocycles. The Morgan fingerprint density at radius 1 is 0.622 bits per heavy atom. The van der Waals surface area contributed by atoms with Gasteiger partial charge < -0.3 is 41.7 Å². The Morgan fingerprint density at radius 2 is 1.08 bits per heavy atom. The third-order valence-corrected chi connectivity index (χ3v) is 14.4. The lowest BCUT2D eigenvalue weighted by molar-refractivity contribution is -0.147. The number of hydrogen-bond acceptors (Lipinski definition) is 17. The third-order valence-electron chi connectivity index (χ3n) is 10.5. The van der Waals surface area contributed by atoms with Crippen LogP contribution < -0.4 is 31.9 Å². The predicted molar refractivity (Wildman–Crippen MR) is 280 cm³/mol. The van der Waals surface area contributed by atoms with Crippen LogP contribution in [0.5, 0.6) is 0 Å². The lowest BCUT2D eigenvalue weighted by Gasteiger charge is -2.18. The van der Waals surface area contributed by atoms with Gasteiger partial charge in [-0.15, -0.1) is 22.7 Å². The Morgan fingerprint density at radius 3 is 1.51 bits per heavy atom. The molecule has 74 heavy (non-hydrogen) atoms. The molecule has 6 heterocycles. The van der Waals surface area contributed by atoms with Crippen molar-refractivity contribution in [3.8, 4) is 0 Å². The largest absolute Gasteiger partial charge is 0.480 e. The van der Waals surface area contributed by atoms with Crippen LogP contribution in [0, 0.1) is 19.8 Å². The molecule has 0 aliphatic rings. The lowest BCUT2D eigenvalue weighted by Crippen LogP contribution is -2.49. The summed E-state index contributed by atoms with van der Waals surface area (Å²) in [5.74, 6) is -4.48. The number of carbonyl (C=O) groups excluding carboxylic acids is 7. The first-order chi connectivity index (χ1) is 35.5. The van der Waals surface area contributed by atoms with E-state index in [0.29, 0.717) is 21.1 Å². The van der Waals surface area contributed by atoms with Gasteiger partial charge in [-0.1, -0.05) is 72.9 Å². The molecule has 8 rings (SSSR count). The van der Waals surface area contributed by atoms with Crippen molar-refractivity contribution < 1.29 is 48.2 Å². The number of benzene rings is 2. The van der Waals surface area contributed by atoms with Crippen LogP contribution in [0.1, 0.15) is 75.0 Å². The summed E-state index contributed by atoms with van der Waals surface area (Å²) in [5.41, 5.74) is 3.97. The number of amides is 6. The molecule has 384 valence electrons. The molecule has 0 saturated carbocycles. The van der Waals surface area contributed by atoms with E-state index < -0.39 is 41.7 Å². The van der Waals surface area contributed by atoms with Crippen LogP contribution in [-0.4, -0.2) is 115 Å². The number of hydrogen-bond donors (Lipinski definition) is 9. The smallest absolute Gasteiger partial charge is 0.330 e. The minimum atomic E-state index is -1.35. The summed E-state index contributed by atoms with van der Waals surface area (Å²) in [6.07, 6.45) is 3.50. The number of thiophene rings is 2. The van der Waals surface area contributed by atoms with Crippen molar-refractivity contribution in [3.05, 3.63) is 126 Å². The van der Waals surface area contributed by atoms with Crippen molar-refractivity contribution in [2.75, 3.05) is 30.3 Å². The topological polar surface area (TPSA) is 321 Å². The average Bonchev–Trinajstić information content (AvgIpc) is 4.23. The van der Waals surface area contributed by atoms with Crippen molar-refractivity contribution in [1.82, 2.24) is 51.6 Å². The number of carbonyl (C=O) groups is 8. The van der Waals surface area contributed by atoms with Gasteiger partial charge in [-0.25, -0.2) is 19.6 Å². The number of rotatable bonds is 20. The predicted octanol–water partition coefficient (Wildman–Crippen LogP) is 5.48. The molecule has 6 aromatic heterocycles. The summed E-state index contributed by atoms with van der Waals surface area (Å²) in [5, 5.41) is 44.5. The van der Waals surface area contributed by atoms with Crippen LogP contribution in [0.4, 0.5) is 10.3 Å². The normalized spacial score (nSPS) is 11.7. The second-order valence-corrected chi connectivity index (χ2v) is 20.5. The molecule has 0 aliphatic carbocycles. The monoisotopic (exact) mass is 1080 g/mol. The average molecular weight is 1080 g/mol. The molecule has 8 aromatic rings. The number of carboxylic acids is 1. The maximum absolute atomic E-state index is 13.1. The molecule has 2 atom stereocenters. The maximum atomic E-state index is 13.1. The fourth-order valence-electron chi connectivity index (χ4n) is 6.93. The highest BCUT2D eigenvalue weighted by Gasteiger charge is 2.28. The number of anilines is 2. The zero-order chi connectivity index (χ0) is 52.9. The Balaban J connectivity index is 0.000000217. The highest BCUT2D eigenvalue weighted by molar-refractivity contribution is 7.18. The number of aryl methyl sites for hydroxylation is 2. The number of esters is 1. The number of H-pyrrole nitrogens is 2. The summed E-state index contributed by atoms with van der Waals surface area (Å²) in [4.78, 5) is 110. The lowest BCUT2D eigenvalue weighted by atomic mass is 10.1. The Bertz CT molecular complexity index is 3310. The minimum Gasteiger partial charge on any atom is -0.480 e. The molecule has 0 unspecified atom stereocenters. The van der Waals surface area contributed by atoms with Crippen molar-refractivity contribution >= 4 is 125 Å². The Hall–Kier alpha value is -8.20. The maximum Gasteiger partial charge on any atom is 0.330 e. The van der Waals surface area contributed by atoms with Gasteiger partial charge in [0.15, 0.2) is 10.3 Å². The molecule has 0 aliphatic heterocycles. The van der Waals surface area contributed by atoms with Crippen molar-refractivity contribution in [2.24, 2.45) is 5.92 Å². The molecule has 0 fully saturated rings. The zero-order valence-electron chi connectivity index (χ0n) is 39.9. The van der Waals surface area contributed by atoms with Gasteiger partial charge in [0, 0.05) is 23.9 Å². The van der Waals surface area contributed by atoms with Crippen LogP contribution in [-0.2, 0) is 36.8 Å². The fraction of sp³-hybridized carbons (Fsp3) is 0.250. The molecule has 9 N–H and O–H groups in total. The van der Waals surface area contributed by atoms with Gasteiger partial charge in [0.1, 0.15) is 21.8 Å². The van der Waals surface area contributed by atoms with Gasteiger partial charge in [-0.3, -0.25) is 39.0 Å². The molecule has 0 bridgehead atoms. The van der Waals surface area contributed by atoms with Gasteiger partial charge >= 0.3 is 11.9 Å². The van der Waals surface area contributed by atoms with Gasteiger partial charge in [-0.2, -0.15) is 10.2 Å². The first-order valence-corrected chi connectivity index (χ1v) is 25.9. The van der Waals surface area contributed by atoms with Crippen LogP contribution in [0.3, 0.4) is 0 Å². The second-order valence-electron chi connectivity index (χ2n) is 16.6. The zero-order valence-corrected chi connectivity index (χ0v) is 43.2. The first-order valence-electron chi connectivity index (χ1n) is 22.5. The van der Waals surface area contributed by atoms with E-state index in [2.05, 4.69) is 62.3 Å². The van der Waals surface area contributed by atoms with Crippen molar-refractivity contribution in [1.29, 1.82) is 0 Å². The first kappa shape index (κ1) is 53.6. The summed E-state index contributed by atoms with van der Waals surface area (Å²) in [6.45, 7) is 6.74. The number of nitrogens with one attached hydrogen (secondary N) is 8. The molecule has 0 saturated heterocycles. The SMILES string of the molecule is Cc1nc(NC(=O)Cc2cccc3[nH]ncc23)sc1C(=O)N[C@@H](CNC(=O)c1cccs1)C(=O)O.Cc1nc(NC(=O)Cc2cccc3[nH]ncc23)sc1C(=O)N[C@@H](CNC(=O)c1cccs1)C(=O)OCC(C)C. The highest BCUT2D eigenvalue weighted by atomic mass is 32.1. The van der Waals surface area contributed by atoms with Crippen molar-refractivity contribution in [3.63, 3.8) is 0 Å². The van der Waals surface area contributed by atoms with Gasteiger partial charge in [0.25, 0.3) is 23.6 Å². The van der Waals surface area contributed by atoms with E-state index in [-0.39, 0.29) is 76.2 Å². The van der Waals surface area contributed by atoms with E-state index >= 15 is 0 Å². The third kappa shape index (κ3) is 14.3. The summed E-state index contributed by atoms with van der Waals surface area (Å²) < 4.78 is 5.32. The summed E-state index contributed by atoms with van der Waals surface area (Å²) in [7, 11) is 0. The number of fused-ring (bicyclic) bond motifs is 2. The number of ether oxygens (including phenoxy) is 1. The quantitative estimate of drug-likeness (QED) is 0.0427. The van der Waals surface area contributed by atoms with E-state index in [1.54, 1.807) is 61.3 Å². The van der Waals surface area contributed by atoms with E-state index in [1.807, 2.05) is 50.2 Å². The molecular weight excluding hydrogens is 1030 g/mol. The van der Waals surface area contributed by atoms with Crippen LogP contribution >= 0.6 is 45.3 Å². The number of aromatic nitrogens is 6. The van der Waals surface area contributed by atoms with Crippen LogP contribution in [0.15, 0.2) is 83.8 Å². The van der Waals surface area contributed by atoms with E-state index in [4.69, 9.17) is 4.74 Å². The van der Waals surface area contributed by atoms with Crippen molar-refractivity contribution in [2.45, 2.75) is 52.6 Å². The highest BCUT2D eigenvalue weighted by Crippen LogP contribution is 2.26. The van der Waals surface area contributed by atoms with Crippen LogP contribution in [0.2, 0.25) is 0 Å². The molecular formula is C48H48N12O10S4.